The highest BCUT2D eigenvalue weighted by Gasteiger charge is 2.18. The molecule has 1 aromatic carbocycles. The number of nitrogens with zero attached hydrogens (tertiary/aromatic N) is 4. The molecule has 0 unspecified atom stereocenters. The first-order valence-corrected chi connectivity index (χ1v) is 11.6. The summed E-state index contributed by atoms with van der Waals surface area (Å²) >= 11 is 0. The minimum absolute atomic E-state index is 0.287. The lowest BCUT2D eigenvalue weighted by Crippen LogP contribution is -2.19. The molecule has 0 saturated heterocycles. The number of para-hydroxylation sites is 1. The van der Waals surface area contributed by atoms with Crippen molar-refractivity contribution in [3.63, 3.8) is 0 Å². The number of benzene rings is 1. The van der Waals surface area contributed by atoms with Gasteiger partial charge in [-0.15, -0.1) is 0 Å². The first-order chi connectivity index (χ1) is 16.7. The lowest BCUT2D eigenvalue weighted by atomic mass is 9.98. The van der Waals surface area contributed by atoms with E-state index in [1.54, 1.807) is 18.5 Å². The number of aryl methyl sites for hydroxylation is 1. The summed E-state index contributed by atoms with van der Waals surface area (Å²) in [6, 6.07) is 15.1. The third-order valence-electron chi connectivity index (χ3n) is 5.83. The maximum atomic E-state index is 6.09. The first-order valence-electron chi connectivity index (χ1n) is 11.6. The molecule has 4 aromatic rings. The van der Waals surface area contributed by atoms with Crippen LogP contribution >= 0.6 is 0 Å². The smallest absolute Gasteiger partial charge is 0.226 e. The highest BCUT2D eigenvalue weighted by atomic mass is 16.5. The van der Waals surface area contributed by atoms with Crippen LogP contribution in [-0.2, 0) is 6.54 Å². The van der Waals surface area contributed by atoms with E-state index in [1.165, 1.54) is 19.3 Å². The zero-order valence-electron chi connectivity index (χ0n) is 19.1. The van der Waals surface area contributed by atoms with Gasteiger partial charge in [0.15, 0.2) is 5.76 Å². The van der Waals surface area contributed by atoms with Crippen LogP contribution in [0.15, 0.2) is 65.4 Å². The number of hydrogen-bond acceptors (Lipinski definition) is 8. The summed E-state index contributed by atoms with van der Waals surface area (Å²) in [5.74, 6) is 3.03. The van der Waals surface area contributed by atoms with Crippen molar-refractivity contribution in [2.24, 2.45) is 0 Å². The van der Waals surface area contributed by atoms with E-state index in [4.69, 9.17) is 14.0 Å². The molecule has 0 atom stereocenters. The van der Waals surface area contributed by atoms with Crippen LogP contribution in [0.1, 0.15) is 43.4 Å². The standard InChI is InChI=1S/C26H27N5O3/c1-18-22(17-29-26-27-15-14-24(30-26)33-20-10-6-3-7-11-20)25(34-31-18)23-13-12-21(16-28-23)32-19-8-4-2-5-9-19/h3,6-7,10-16,19H,2,4-5,8-9,17H2,1H3,(H,27,29,30). The molecular weight excluding hydrogens is 430 g/mol. The molecule has 8 heteroatoms. The Morgan fingerprint density at radius 1 is 0.971 bits per heavy atom. The van der Waals surface area contributed by atoms with E-state index in [0.717, 1.165) is 29.8 Å². The van der Waals surface area contributed by atoms with Crippen molar-refractivity contribution < 1.29 is 14.0 Å². The second-order valence-electron chi connectivity index (χ2n) is 8.32. The fourth-order valence-electron chi connectivity index (χ4n) is 4.02. The van der Waals surface area contributed by atoms with Crippen LogP contribution in [-0.4, -0.2) is 26.2 Å². The molecular formula is C26H27N5O3. The SMILES string of the molecule is Cc1noc(-c2ccc(OC3CCCCC3)cn2)c1CNc1nccc(Oc2ccccc2)n1. The number of aromatic nitrogens is 4. The van der Waals surface area contributed by atoms with E-state index in [1.807, 2.05) is 49.4 Å². The summed E-state index contributed by atoms with van der Waals surface area (Å²) in [6.45, 7) is 2.34. The molecule has 1 fully saturated rings. The predicted molar refractivity (Wildman–Crippen MR) is 128 cm³/mol. The zero-order valence-corrected chi connectivity index (χ0v) is 19.1. The molecule has 1 aliphatic carbocycles. The highest BCUT2D eigenvalue weighted by molar-refractivity contribution is 5.58. The van der Waals surface area contributed by atoms with E-state index >= 15 is 0 Å². The number of ether oxygens (including phenoxy) is 2. The van der Waals surface area contributed by atoms with Crippen LogP contribution in [0.3, 0.4) is 0 Å². The van der Waals surface area contributed by atoms with E-state index in [-0.39, 0.29) is 6.10 Å². The number of rotatable bonds is 8. The van der Waals surface area contributed by atoms with Gasteiger partial charge < -0.3 is 19.3 Å². The molecule has 5 rings (SSSR count). The molecule has 0 aliphatic heterocycles. The normalized spacial score (nSPS) is 14.0. The van der Waals surface area contributed by atoms with Crippen LogP contribution in [0.4, 0.5) is 5.95 Å². The van der Waals surface area contributed by atoms with Crippen LogP contribution in [0, 0.1) is 6.92 Å². The van der Waals surface area contributed by atoms with Gasteiger partial charge in [0, 0.05) is 24.4 Å². The number of pyridine rings is 1. The maximum absolute atomic E-state index is 6.09. The van der Waals surface area contributed by atoms with Crippen molar-refractivity contribution in [1.82, 2.24) is 20.1 Å². The van der Waals surface area contributed by atoms with Crippen molar-refractivity contribution >= 4 is 5.95 Å². The summed E-state index contributed by atoms with van der Waals surface area (Å²) in [5.41, 5.74) is 2.38. The second-order valence-corrected chi connectivity index (χ2v) is 8.32. The maximum Gasteiger partial charge on any atom is 0.226 e. The van der Waals surface area contributed by atoms with Crippen molar-refractivity contribution in [1.29, 1.82) is 0 Å². The molecule has 174 valence electrons. The number of hydrogen-bond donors (Lipinski definition) is 1. The third-order valence-corrected chi connectivity index (χ3v) is 5.83. The quantitative estimate of drug-likeness (QED) is 0.347. The summed E-state index contributed by atoms with van der Waals surface area (Å²) in [6.07, 6.45) is 9.68. The van der Waals surface area contributed by atoms with E-state index < -0.39 is 0 Å². The minimum atomic E-state index is 0.287. The van der Waals surface area contributed by atoms with Gasteiger partial charge in [0.2, 0.25) is 11.8 Å². The van der Waals surface area contributed by atoms with Gasteiger partial charge in [0.25, 0.3) is 0 Å². The van der Waals surface area contributed by atoms with Crippen LogP contribution in [0.2, 0.25) is 0 Å². The van der Waals surface area contributed by atoms with Gasteiger partial charge in [-0.05, 0) is 56.9 Å². The summed E-state index contributed by atoms with van der Waals surface area (Å²) < 4.78 is 17.5. The topological polar surface area (TPSA) is 95.2 Å². The van der Waals surface area contributed by atoms with Crippen LogP contribution in [0.5, 0.6) is 17.4 Å². The zero-order chi connectivity index (χ0) is 23.2. The Morgan fingerprint density at radius 3 is 2.62 bits per heavy atom. The lowest BCUT2D eigenvalue weighted by molar-refractivity contribution is 0.154. The lowest BCUT2D eigenvalue weighted by Gasteiger charge is -2.22. The minimum Gasteiger partial charge on any atom is -0.489 e. The molecule has 1 N–H and O–H groups in total. The third kappa shape index (κ3) is 5.33. The summed E-state index contributed by atoms with van der Waals surface area (Å²) in [5, 5.41) is 7.38. The van der Waals surface area contributed by atoms with Gasteiger partial charge in [-0.2, -0.15) is 4.98 Å². The Morgan fingerprint density at radius 2 is 1.82 bits per heavy atom. The average molecular weight is 458 g/mol. The molecule has 34 heavy (non-hydrogen) atoms. The number of nitrogens with one attached hydrogen (secondary N) is 1. The predicted octanol–water partition coefficient (Wildman–Crippen LogP) is 5.95. The van der Waals surface area contributed by atoms with E-state index in [0.29, 0.717) is 35.6 Å². The molecule has 0 amide bonds. The monoisotopic (exact) mass is 457 g/mol. The molecule has 1 aliphatic rings. The molecule has 0 spiro atoms. The van der Waals surface area contributed by atoms with Gasteiger partial charge >= 0.3 is 0 Å². The van der Waals surface area contributed by atoms with Crippen molar-refractivity contribution in [3.05, 3.63) is 72.2 Å². The van der Waals surface area contributed by atoms with Crippen molar-refractivity contribution in [3.8, 4) is 28.8 Å². The van der Waals surface area contributed by atoms with Gasteiger partial charge in [-0.25, -0.2) is 9.97 Å². The van der Waals surface area contributed by atoms with Gasteiger partial charge in [-0.1, -0.05) is 29.8 Å². The van der Waals surface area contributed by atoms with E-state index in [9.17, 15) is 0 Å². The average Bonchev–Trinajstić information content (AvgIpc) is 3.25. The van der Waals surface area contributed by atoms with Crippen LogP contribution in [0.25, 0.3) is 11.5 Å². The second kappa shape index (κ2) is 10.3. The highest BCUT2D eigenvalue weighted by Crippen LogP contribution is 2.28. The molecule has 3 heterocycles. The first kappa shape index (κ1) is 21.9. The molecule has 3 aromatic heterocycles. The Hall–Kier alpha value is -3.94. The summed E-state index contributed by atoms with van der Waals surface area (Å²) in [7, 11) is 0. The van der Waals surface area contributed by atoms with Gasteiger partial charge in [0.1, 0.15) is 17.2 Å². The van der Waals surface area contributed by atoms with Crippen molar-refractivity contribution in [2.45, 2.75) is 51.7 Å². The molecule has 8 nitrogen and oxygen atoms in total. The molecule has 0 bridgehead atoms. The van der Waals surface area contributed by atoms with Gasteiger partial charge in [-0.3, -0.25) is 0 Å². The Labute approximate surface area is 198 Å². The van der Waals surface area contributed by atoms with Gasteiger partial charge in [0.05, 0.1) is 18.0 Å². The number of anilines is 1. The molecule has 0 radical (unpaired) electrons. The fraction of sp³-hybridized carbons (Fsp3) is 0.308. The fourth-order valence-corrected chi connectivity index (χ4v) is 4.02. The molecule has 1 saturated carbocycles. The largest absolute Gasteiger partial charge is 0.489 e. The Bertz CT molecular complexity index is 1200. The van der Waals surface area contributed by atoms with Crippen molar-refractivity contribution in [2.75, 3.05) is 5.32 Å². The Balaban J connectivity index is 1.25. The summed E-state index contributed by atoms with van der Waals surface area (Å²) in [4.78, 5) is 13.3. The Kier molecular flexibility index (Phi) is 6.65. The van der Waals surface area contributed by atoms with Crippen LogP contribution < -0.4 is 14.8 Å². The van der Waals surface area contributed by atoms with E-state index in [2.05, 4.69) is 25.4 Å².